The Kier molecular flexibility index (Phi) is 5.12. The third-order valence-corrected chi connectivity index (χ3v) is 4.35. The highest BCUT2D eigenvalue weighted by atomic mass is 35.5. The van der Waals surface area contributed by atoms with Crippen LogP contribution < -0.4 is 10.2 Å². The number of hydrogen-bond acceptors (Lipinski definition) is 2. The minimum atomic E-state index is 0.760. The SMILES string of the molecule is CCCNCc1ccc(Cl)cc1N1CC(C)C(C)C1. The minimum absolute atomic E-state index is 0.760. The van der Waals surface area contributed by atoms with Crippen LogP contribution in [-0.2, 0) is 6.54 Å². The fraction of sp³-hybridized carbons (Fsp3) is 0.625. The van der Waals surface area contributed by atoms with Crippen LogP contribution in [0.15, 0.2) is 18.2 Å². The Morgan fingerprint density at radius 1 is 1.26 bits per heavy atom. The molecule has 1 N–H and O–H groups in total. The van der Waals surface area contributed by atoms with Crippen molar-refractivity contribution < 1.29 is 0 Å². The van der Waals surface area contributed by atoms with Gasteiger partial charge in [-0.1, -0.05) is 38.4 Å². The molecule has 106 valence electrons. The van der Waals surface area contributed by atoms with Crippen molar-refractivity contribution in [2.45, 2.75) is 33.7 Å². The van der Waals surface area contributed by atoms with Crippen molar-refractivity contribution in [3.63, 3.8) is 0 Å². The van der Waals surface area contributed by atoms with Gasteiger partial charge in [-0.25, -0.2) is 0 Å². The van der Waals surface area contributed by atoms with Gasteiger partial charge < -0.3 is 10.2 Å². The van der Waals surface area contributed by atoms with Crippen molar-refractivity contribution in [2.75, 3.05) is 24.5 Å². The molecule has 2 atom stereocenters. The van der Waals surface area contributed by atoms with Gasteiger partial charge in [-0.3, -0.25) is 0 Å². The third-order valence-electron chi connectivity index (χ3n) is 4.12. The highest BCUT2D eigenvalue weighted by molar-refractivity contribution is 6.30. The predicted octanol–water partition coefficient (Wildman–Crippen LogP) is 3.93. The normalized spacial score (nSPS) is 23.1. The molecule has 0 aromatic heterocycles. The summed E-state index contributed by atoms with van der Waals surface area (Å²) in [6.07, 6.45) is 1.17. The van der Waals surface area contributed by atoms with Gasteiger partial charge in [0.15, 0.2) is 0 Å². The lowest BCUT2D eigenvalue weighted by Gasteiger charge is -2.22. The van der Waals surface area contributed by atoms with Crippen LogP contribution in [0.1, 0.15) is 32.8 Å². The van der Waals surface area contributed by atoms with E-state index in [2.05, 4.69) is 43.1 Å². The molecule has 0 bridgehead atoms. The number of halogens is 1. The lowest BCUT2D eigenvalue weighted by Crippen LogP contribution is -2.23. The van der Waals surface area contributed by atoms with Crippen LogP contribution in [0.3, 0.4) is 0 Å². The van der Waals surface area contributed by atoms with Gasteiger partial charge in [0.1, 0.15) is 0 Å². The van der Waals surface area contributed by atoms with Crippen molar-refractivity contribution in [1.29, 1.82) is 0 Å². The van der Waals surface area contributed by atoms with Gasteiger partial charge in [0.2, 0.25) is 0 Å². The van der Waals surface area contributed by atoms with Gasteiger partial charge in [-0.05, 0) is 42.5 Å². The lowest BCUT2D eigenvalue weighted by atomic mass is 10.0. The molecule has 2 unspecified atom stereocenters. The van der Waals surface area contributed by atoms with E-state index in [-0.39, 0.29) is 0 Å². The molecule has 0 saturated carbocycles. The Bertz CT molecular complexity index is 409. The molecule has 2 nitrogen and oxygen atoms in total. The summed E-state index contributed by atoms with van der Waals surface area (Å²) in [6.45, 7) is 11.1. The van der Waals surface area contributed by atoms with E-state index in [1.54, 1.807) is 0 Å². The molecular weight excluding hydrogens is 256 g/mol. The first-order valence-electron chi connectivity index (χ1n) is 7.36. The third kappa shape index (κ3) is 3.64. The summed E-state index contributed by atoms with van der Waals surface area (Å²) >= 11 is 6.18. The summed E-state index contributed by atoms with van der Waals surface area (Å²) in [6, 6.07) is 6.28. The maximum Gasteiger partial charge on any atom is 0.0426 e. The van der Waals surface area contributed by atoms with Crippen molar-refractivity contribution in [3.8, 4) is 0 Å². The smallest absolute Gasteiger partial charge is 0.0426 e. The van der Waals surface area contributed by atoms with Crippen molar-refractivity contribution >= 4 is 17.3 Å². The van der Waals surface area contributed by atoms with Crippen LogP contribution in [-0.4, -0.2) is 19.6 Å². The number of hydrogen-bond donors (Lipinski definition) is 1. The Balaban J connectivity index is 2.15. The van der Waals surface area contributed by atoms with Gasteiger partial charge in [0, 0.05) is 30.3 Å². The van der Waals surface area contributed by atoms with Gasteiger partial charge >= 0.3 is 0 Å². The van der Waals surface area contributed by atoms with Crippen LogP contribution in [0.25, 0.3) is 0 Å². The molecule has 0 amide bonds. The molecule has 19 heavy (non-hydrogen) atoms. The number of benzene rings is 1. The van der Waals surface area contributed by atoms with Gasteiger partial charge in [0.05, 0.1) is 0 Å². The average Bonchev–Trinajstić information content (AvgIpc) is 2.71. The van der Waals surface area contributed by atoms with Crippen LogP contribution >= 0.6 is 11.6 Å². The molecule has 1 aromatic carbocycles. The second kappa shape index (κ2) is 6.62. The minimum Gasteiger partial charge on any atom is -0.371 e. The Morgan fingerprint density at radius 2 is 1.95 bits per heavy atom. The van der Waals surface area contributed by atoms with Crippen LogP contribution in [0.5, 0.6) is 0 Å². The number of rotatable bonds is 5. The highest BCUT2D eigenvalue weighted by Crippen LogP contribution is 2.32. The second-order valence-corrected chi connectivity index (χ2v) is 6.25. The molecule has 3 heteroatoms. The number of anilines is 1. The first-order valence-corrected chi connectivity index (χ1v) is 7.73. The fourth-order valence-corrected chi connectivity index (χ4v) is 2.87. The summed E-state index contributed by atoms with van der Waals surface area (Å²) < 4.78 is 0. The van der Waals surface area contributed by atoms with E-state index >= 15 is 0 Å². The standard InChI is InChI=1S/C16H25ClN2/c1-4-7-18-9-14-5-6-15(17)8-16(14)19-10-12(2)13(3)11-19/h5-6,8,12-13,18H,4,7,9-11H2,1-3H3. The fourth-order valence-electron chi connectivity index (χ4n) is 2.71. The van der Waals surface area contributed by atoms with Crippen molar-refractivity contribution in [3.05, 3.63) is 28.8 Å². The van der Waals surface area contributed by atoms with Crippen molar-refractivity contribution in [2.24, 2.45) is 11.8 Å². The zero-order valence-electron chi connectivity index (χ0n) is 12.2. The van der Waals surface area contributed by atoms with Crippen molar-refractivity contribution in [1.82, 2.24) is 5.32 Å². The summed E-state index contributed by atoms with van der Waals surface area (Å²) in [7, 11) is 0. The summed E-state index contributed by atoms with van der Waals surface area (Å²) in [5.74, 6) is 1.52. The zero-order valence-corrected chi connectivity index (χ0v) is 13.0. The van der Waals surface area contributed by atoms with E-state index in [4.69, 9.17) is 11.6 Å². The summed E-state index contributed by atoms with van der Waals surface area (Å²) in [4.78, 5) is 2.49. The molecule has 1 fully saturated rings. The predicted molar refractivity (Wildman–Crippen MR) is 84.0 cm³/mol. The zero-order chi connectivity index (χ0) is 13.8. The summed E-state index contributed by atoms with van der Waals surface area (Å²) in [5.41, 5.74) is 2.67. The molecule has 1 heterocycles. The molecule has 0 aliphatic carbocycles. The summed E-state index contributed by atoms with van der Waals surface area (Å²) in [5, 5.41) is 4.32. The molecule has 1 aromatic rings. The lowest BCUT2D eigenvalue weighted by molar-refractivity contribution is 0.494. The molecule has 1 aliphatic heterocycles. The van der Waals surface area contributed by atoms with Gasteiger partial charge in [-0.15, -0.1) is 0 Å². The molecular formula is C16H25ClN2. The first kappa shape index (κ1) is 14.7. The van der Waals surface area contributed by atoms with E-state index in [0.29, 0.717) is 0 Å². The monoisotopic (exact) mass is 280 g/mol. The van der Waals surface area contributed by atoms with E-state index in [1.165, 1.54) is 17.7 Å². The topological polar surface area (TPSA) is 15.3 Å². The largest absolute Gasteiger partial charge is 0.371 e. The molecule has 2 rings (SSSR count). The van der Waals surface area contributed by atoms with E-state index in [0.717, 1.165) is 43.0 Å². The van der Waals surface area contributed by atoms with Crippen LogP contribution in [0, 0.1) is 11.8 Å². The van der Waals surface area contributed by atoms with Crippen LogP contribution in [0.2, 0.25) is 5.02 Å². The quantitative estimate of drug-likeness (QED) is 0.822. The van der Waals surface area contributed by atoms with E-state index in [1.807, 2.05) is 6.07 Å². The first-order chi connectivity index (χ1) is 9.11. The maximum atomic E-state index is 6.18. The molecule has 1 aliphatic rings. The molecule has 0 spiro atoms. The van der Waals surface area contributed by atoms with Gasteiger partial charge in [-0.2, -0.15) is 0 Å². The maximum absolute atomic E-state index is 6.18. The van der Waals surface area contributed by atoms with Crippen LogP contribution in [0.4, 0.5) is 5.69 Å². The molecule has 1 saturated heterocycles. The number of nitrogens with zero attached hydrogens (tertiary/aromatic N) is 1. The Labute approximate surface area is 122 Å². The second-order valence-electron chi connectivity index (χ2n) is 5.81. The van der Waals surface area contributed by atoms with Gasteiger partial charge in [0.25, 0.3) is 0 Å². The van der Waals surface area contributed by atoms with E-state index < -0.39 is 0 Å². The highest BCUT2D eigenvalue weighted by Gasteiger charge is 2.27. The number of nitrogens with one attached hydrogen (secondary N) is 1. The Morgan fingerprint density at radius 3 is 2.58 bits per heavy atom. The molecule has 0 radical (unpaired) electrons. The Hall–Kier alpha value is -0.730. The average molecular weight is 281 g/mol. The van der Waals surface area contributed by atoms with E-state index in [9.17, 15) is 0 Å².